The van der Waals surface area contributed by atoms with Gasteiger partial charge in [0.15, 0.2) is 0 Å². The Hall–Kier alpha value is -2.96. The molecular formula is C16H12BFN4O. The van der Waals surface area contributed by atoms with Gasteiger partial charge in [-0.1, -0.05) is 17.6 Å². The van der Waals surface area contributed by atoms with Crippen molar-refractivity contribution in [3.63, 3.8) is 0 Å². The fourth-order valence-electron chi connectivity index (χ4n) is 2.88. The Morgan fingerprint density at radius 3 is 2.83 bits per heavy atom. The molecule has 0 saturated heterocycles. The minimum absolute atomic E-state index is 0.136. The Labute approximate surface area is 131 Å². The van der Waals surface area contributed by atoms with Gasteiger partial charge in [-0.15, -0.1) is 0 Å². The highest BCUT2D eigenvalue weighted by atomic mass is 19.1. The molecule has 0 aliphatic rings. The van der Waals surface area contributed by atoms with E-state index in [4.69, 9.17) is 0 Å². The molecule has 5 nitrogen and oxygen atoms in total. The summed E-state index contributed by atoms with van der Waals surface area (Å²) in [5, 5.41) is 0.809. The topological polar surface area (TPSA) is 52.7 Å². The number of aromatic nitrogens is 4. The Morgan fingerprint density at radius 1 is 1.22 bits per heavy atom. The maximum absolute atomic E-state index is 14.2. The zero-order valence-electron chi connectivity index (χ0n) is 12.6. The van der Waals surface area contributed by atoms with E-state index in [9.17, 15) is 9.18 Å². The van der Waals surface area contributed by atoms with Crippen molar-refractivity contribution in [3.8, 4) is 5.69 Å². The number of pyridine rings is 2. The van der Waals surface area contributed by atoms with Crippen molar-refractivity contribution >= 4 is 35.2 Å². The van der Waals surface area contributed by atoms with Gasteiger partial charge in [0.2, 0.25) is 5.95 Å². The third-order valence-electron chi connectivity index (χ3n) is 4.02. The Balaban J connectivity index is 2.28. The van der Waals surface area contributed by atoms with E-state index in [1.54, 1.807) is 25.4 Å². The quantitative estimate of drug-likeness (QED) is 0.384. The summed E-state index contributed by atoms with van der Waals surface area (Å²) in [4.78, 5) is 20.7. The van der Waals surface area contributed by atoms with E-state index in [1.807, 2.05) is 26.0 Å². The molecule has 4 rings (SSSR count). The van der Waals surface area contributed by atoms with Crippen molar-refractivity contribution in [2.24, 2.45) is 7.05 Å². The third-order valence-corrected chi connectivity index (χ3v) is 4.02. The van der Waals surface area contributed by atoms with Gasteiger partial charge in [-0.2, -0.15) is 4.39 Å². The van der Waals surface area contributed by atoms with E-state index in [-0.39, 0.29) is 11.4 Å². The van der Waals surface area contributed by atoms with Crippen LogP contribution in [-0.4, -0.2) is 26.9 Å². The zero-order chi connectivity index (χ0) is 16.1. The maximum atomic E-state index is 14.2. The number of imidazole rings is 1. The zero-order valence-corrected chi connectivity index (χ0v) is 12.6. The number of aryl methyl sites for hydroxylation is 1. The molecule has 0 amide bonds. The molecule has 4 aromatic rings. The molecule has 0 aliphatic carbocycles. The molecule has 0 radical (unpaired) electrons. The monoisotopic (exact) mass is 306 g/mol. The van der Waals surface area contributed by atoms with Crippen molar-refractivity contribution in [3.05, 3.63) is 59.2 Å². The van der Waals surface area contributed by atoms with Gasteiger partial charge in [0, 0.05) is 18.6 Å². The molecule has 23 heavy (non-hydrogen) atoms. The summed E-state index contributed by atoms with van der Waals surface area (Å²) < 4.78 is 17.0. The highest BCUT2D eigenvalue weighted by Crippen LogP contribution is 2.24. The van der Waals surface area contributed by atoms with E-state index in [2.05, 4.69) is 9.97 Å². The normalized spacial score (nSPS) is 11.4. The van der Waals surface area contributed by atoms with Gasteiger partial charge >= 0.3 is 5.69 Å². The van der Waals surface area contributed by atoms with Crippen molar-refractivity contribution < 1.29 is 4.39 Å². The van der Waals surface area contributed by atoms with Crippen LogP contribution >= 0.6 is 0 Å². The summed E-state index contributed by atoms with van der Waals surface area (Å²) in [5.41, 5.74) is 2.89. The second-order valence-corrected chi connectivity index (χ2v) is 5.50. The van der Waals surface area contributed by atoms with Crippen molar-refractivity contribution in [1.82, 2.24) is 19.1 Å². The van der Waals surface area contributed by atoms with Crippen LogP contribution in [0.1, 0.15) is 0 Å². The largest absolute Gasteiger partial charge is 0.333 e. The van der Waals surface area contributed by atoms with E-state index < -0.39 is 5.95 Å². The molecule has 3 aromatic heterocycles. The van der Waals surface area contributed by atoms with Gasteiger partial charge in [0.05, 0.1) is 22.7 Å². The lowest BCUT2D eigenvalue weighted by molar-refractivity contribution is 0.574. The third kappa shape index (κ3) is 1.89. The lowest BCUT2D eigenvalue weighted by Gasteiger charge is -2.06. The number of hydrogen-bond acceptors (Lipinski definition) is 3. The summed E-state index contributed by atoms with van der Waals surface area (Å²) in [7, 11) is 3.62. The SMILES string of the molecule is Bc1ccc2ncc3c(c2c1)n(-c1cccnc1F)c(=O)n3C. The predicted molar refractivity (Wildman–Crippen MR) is 89.7 cm³/mol. The van der Waals surface area contributed by atoms with E-state index in [1.165, 1.54) is 15.3 Å². The number of halogens is 1. The first-order chi connectivity index (χ1) is 11.1. The maximum Gasteiger partial charge on any atom is 0.333 e. The standard InChI is InChI=1S/C16H12BFN4O/c1-21-13-8-20-11-5-4-9(17)7-10(11)14(13)22(16(21)23)12-3-2-6-19-15(12)18/h2-8H,17H2,1H3. The van der Waals surface area contributed by atoms with Gasteiger partial charge in [0.1, 0.15) is 13.5 Å². The van der Waals surface area contributed by atoms with Crippen molar-refractivity contribution in [2.45, 2.75) is 0 Å². The van der Waals surface area contributed by atoms with Crippen LogP contribution in [-0.2, 0) is 7.05 Å². The van der Waals surface area contributed by atoms with Crippen molar-refractivity contribution in [1.29, 1.82) is 0 Å². The summed E-state index contributed by atoms with van der Waals surface area (Å²) in [5.74, 6) is -0.681. The molecule has 0 atom stereocenters. The van der Waals surface area contributed by atoms with Gasteiger partial charge in [-0.05, 0) is 18.2 Å². The Bertz CT molecular complexity index is 1130. The number of benzene rings is 1. The molecule has 0 N–H and O–H groups in total. The molecule has 0 saturated carbocycles. The van der Waals surface area contributed by atoms with E-state index >= 15 is 0 Å². The number of fused-ring (bicyclic) bond motifs is 3. The van der Waals surface area contributed by atoms with Crippen molar-refractivity contribution in [2.75, 3.05) is 0 Å². The van der Waals surface area contributed by atoms with Crippen LogP contribution in [0, 0.1) is 5.95 Å². The Morgan fingerprint density at radius 2 is 2.04 bits per heavy atom. The fourth-order valence-corrected chi connectivity index (χ4v) is 2.88. The lowest BCUT2D eigenvalue weighted by Crippen LogP contribution is -2.21. The highest BCUT2D eigenvalue weighted by Gasteiger charge is 2.18. The first kappa shape index (κ1) is 13.7. The average Bonchev–Trinajstić information content (AvgIpc) is 2.80. The average molecular weight is 306 g/mol. The predicted octanol–water partition coefficient (Wildman–Crippen LogP) is 0.670. The number of nitrogens with zero attached hydrogens (tertiary/aromatic N) is 4. The molecule has 1 aromatic carbocycles. The molecule has 0 unspecified atom stereocenters. The molecule has 3 heterocycles. The van der Waals surface area contributed by atoms with Gasteiger partial charge in [-0.3, -0.25) is 14.1 Å². The van der Waals surface area contributed by atoms with Crippen LogP contribution in [0.15, 0.2) is 47.5 Å². The smallest absolute Gasteiger partial charge is 0.293 e. The Kier molecular flexibility index (Phi) is 2.84. The van der Waals surface area contributed by atoms with Gasteiger partial charge in [0.25, 0.3) is 0 Å². The van der Waals surface area contributed by atoms with E-state index in [0.29, 0.717) is 11.0 Å². The summed E-state index contributed by atoms with van der Waals surface area (Å²) in [6, 6.07) is 8.96. The number of hydrogen-bond donors (Lipinski definition) is 0. The summed E-state index contributed by atoms with van der Waals surface area (Å²) in [6.45, 7) is 0. The fraction of sp³-hybridized carbons (Fsp3) is 0.0625. The molecule has 0 fully saturated rings. The minimum Gasteiger partial charge on any atom is -0.293 e. The van der Waals surface area contributed by atoms with Crippen LogP contribution in [0.2, 0.25) is 0 Å². The number of rotatable bonds is 1. The molecule has 0 bridgehead atoms. The van der Waals surface area contributed by atoms with Crippen LogP contribution in [0.25, 0.3) is 27.6 Å². The molecule has 7 heteroatoms. The summed E-state index contributed by atoms with van der Waals surface area (Å²) >= 11 is 0. The second-order valence-electron chi connectivity index (χ2n) is 5.50. The molecule has 0 aliphatic heterocycles. The minimum atomic E-state index is -0.681. The molecule has 0 spiro atoms. The van der Waals surface area contributed by atoms with Crippen LogP contribution in [0.3, 0.4) is 0 Å². The molecular weight excluding hydrogens is 294 g/mol. The van der Waals surface area contributed by atoms with Crippen LogP contribution in [0.4, 0.5) is 4.39 Å². The second kappa shape index (κ2) is 4.77. The van der Waals surface area contributed by atoms with Crippen LogP contribution < -0.4 is 11.2 Å². The summed E-state index contributed by atoms with van der Waals surface area (Å²) in [6.07, 6.45) is 3.00. The van der Waals surface area contributed by atoms with Gasteiger partial charge < -0.3 is 0 Å². The highest BCUT2D eigenvalue weighted by molar-refractivity contribution is 6.33. The first-order valence-corrected chi connectivity index (χ1v) is 7.15. The van der Waals surface area contributed by atoms with E-state index in [0.717, 1.165) is 16.4 Å². The molecule has 112 valence electrons. The van der Waals surface area contributed by atoms with Gasteiger partial charge in [-0.25, -0.2) is 9.78 Å². The first-order valence-electron chi connectivity index (χ1n) is 7.15. The van der Waals surface area contributed by atoms with Crippen LogP contribution in [0.5, 0.6) is 0 Å². The lowest BCUT2D eigenvalue weighted by atomic mass is 9.94.